The van der Waals surface area contributed by atoms with Crippen molar-refractivity contribution >= 4 is 16.0 Å². The lowest BCUT2D eigenvalue weighted by Gasteiger charge is -2.43. The fourth-order valence-electron chi connectivity index (χ4n) is 2.92. The number of sulfonamides is 1. The predicted octanol–water partition coefficient (Wildman–Crippen LogP) is 0.351. The Bertz CT molecular complexity index is 423. The van der Waals surface area contributed by atoms with Gasteiger partial charge in [-0.15, -0.1) is 0 Å². The predicted molar refractivity (Wildman–Crippen MR) is 71.4 cm³/mol. The van der Waals surface area contributed by atoms with E-state index in [0.717, 1.165) is 19.5 Å². The molecule has 2 saturated heterocycles. The number of piperidine rings is 1. The highest BCUT2D eigenvalue weighted by Gasteiger charge is 2.33. The summed E-state index contributed by atoms with van der Waals surface area (Å²) in [7, 11) is -3.29. The molecule has 0 spiro atoms. The molecule has 0 aromatic rings. The highest BCUT2D eigenvalue weighted by atomic mass is 32.2. The van der Waals surface area contributed by atoms with Crippen molar-refractivity contribution in [3.63, 3.8) is 0 Å². The van der Waals surface area contributed by atoms with E-state index in [2.05, 4.69) is 4.90 Å². The Morgan fingerprint density at radius 2 is 2.00 bits per heavy atom. The maximum Gasteiger partial charge on any atom is 0.303 e. The molecule has 19 heavy (non-hydrogen) atoms. The van der Waals surface area contributed by atoms with Gasteiger partial charge in [-0.25, -0.2) is 8.42 Å². The van der Waals surface area contributed by atoms with E-state index >= 15 is 0 Å². The lowest BCUT2D eigenvalue weighted by molar-refractivity contribution is -0.137. The van der Waals surface area contributed by atoms with Gasteiger partial charge in [-0.3, -0.25) is 9.69 Å². The molecule has 2 aliphatic rings. The molecule has 0 aromatic heterocycles. The zero-order chi connectivity index (χ0) is 13.9. The van der Waals surface area contributed by atoms with E-state index < -0.39 is 16.0 Å². The number of rotatable bonds is 5. The van der Waals surface area contributed by atoms with Gasteiger partial charge in [0.25, 0.3) is 0 Å². The molecule has 0 saturated carbocycles. The van der Waals surface area contributed by atoms with E-state index in [1.165, 1.54) is 12.8 Å². The zero-order valence-electron chi connectivity index (χ0n) is 11.1. The second-order valence-electron chi connectivity index (χ2n) is 5.36. The molecule has 2 rings (SSSR count). The van der Waals surface area contributed by atoms with Gasteiger partial charge in [-0.1, -0.05) is 6.42 Å². The molecule has 0 aromatic carbocycles. The number of nitrogens with zero attached hydrogens (tertiary/aromatic N) is 2. The normalized spacial score (nSPS) is 26.0. The number of carboxylic acids is 1. The summed E-state index contributed by atoms with van der Waals surface area (Å²) in [6.45, 7) is 3.02. The minimum absolute atomic E-state index is 0.0496. The molecular formula is C12H22N2O4S. The molecule has 1 N–H and O–H groups in total. The molecule has 2 fully saturated rings. The molecule has 2 heterocycles. The molecule has 1 atom stereocenters. The Balaban J connectivity index is 1.88. The summed E-state index contributed by atoms with van der Waals surface area (Å²) in [5.74, 6) is -0.987. The molecule has 0 radical (unpaired) electrons. The fourth-order valence-corrected chi connectivity index (χ4v) is 4.44. The first kappa shape index (κ1) is 14.7. The average Bonchev–Trinajstić information content (AvgIpc) is 2.37. The Hall–Kier alpha value is -0.660. The van der Waals surface area contributed by atoms with E-state index in [4.69, 9.17) is 5.11 Å². The van der Waals surface area contributed by atoms with E-state index in [1.807, 2.05) is 0 Å². The van der Waals surface area contributed by atoms with Crippen molar-refractivity contribution in [2.75, 3.05) is 31.9 Å². The van der Waals surface area contributed by atoms with E-state index in [-0.39, 0.29) is 18.6 Å². The monoisotopic (exact) mass is 290 g/mol. The Labute approximate surface area is 114 Å². The van der Waals surface area contributed by atoms with Gasteiger partial charge in [0.2, 0.25) is 10.0 Å². The van der Waals surface area contributed by atoms with Crippen LogP contribution in [0, 0.1) is 0 Å². The highest BCUT2D eigenvalue weighted by molar-refractivity contribution is 7.89. The maximum absolute atomic E-state index is 12.2. The van der Waals surface area contributed by atoms with Crippen LogP contribution in [0.2, 0.25) is 0 Å². The second kappa shape index (κ2) is 6.19. The van der Waals surface area contributed by atoms with Gasteiger partial charge in [-0.2, -0.15) is 4.31 Å². The van der Waals surface area contributed by atoms with Crippen LogP contribution in [0.5, 0.6) is 0 Å². The number of fused-ring (bicyclic) bond motifs is 1. The van der Waals surface area contributed by atoms with Crippen molar-refractivity contribution in [2.24, 2.45) is 0 Å². The maximum atomic E-state index is 12.2. The standard InChI is InChI=1S/C12H22N2O4S/c15-12(16)5-3-9-19(17,18)14-8-7-13-6-2-1-4-11(13)10-14/h11H,1-10H2,(H,15,16). The van der Waals surface area contributed by atoms with Gasteiger partial charge in [0.15, 0.2) is 0 Å². The van der Waals surface area contributed by atoms with Crippen molar-refractivity contribution in [3.8, 4) is 0 Å². The third kappa shape index (κ3) is 3.90. The van der Waals surface area contributed by atoms with Gasteiger partial charge in [0, 0.05) is 32.1 Å². The van der Waals surface area contributed by atoms with Gasteiger partial charge in [0.05, 0.1) is 5.75 Å². The van der Waals surface area contributed by atoms with Crippen molar-refractivity contribution in [1.82, 2.24) is 9.21 Å². The number of carbonyl (C=O) groups is 1. The Morgan fingerprint density at radius 1 is 1.21 bits per heavy atom. The number of piperazine rings is 1. The van der Waals surface area contributed by atoms with Crippen LogP contribution in [-0.2, 0) is 14.8 Å². The first-order valence-corrected chi connectivity index (χ1v) is 8.53. The molecular weight excluding hydrogens is 268 g/mol. The first-order chi connectivity index (χ1) is 8.99. The van der Waals surface area contributed by atoms with Crippen LogP contribution in [0.1, 0.15) is 32.1 Å². The molecule has 7 heteroatoms. The lowest BCUT2D eigenvalue weighted by Crippen LogP contribution is -2.56. The molecule has 1 unspecified atom stereocenters. The summed E-state index contributed by atoms with van der Waals surface area (Å²) in [6, 6.07) is 0.358. The highest BCUT2D eigenvalue weighted by Crippen LogP contribution is 2.22. The van der Waals surface area contributed by atoms with Crippen molar-refractivity contribution in [3.05, 3.63) is 0 Å². The van der Waals surface area contributed by atoms with Crippen LogP contribution in [-0.4, -0.2) is 66.7 Å². The van der Waals surface area contributed by atoms with Gasteiger partial charge < -0.3 is 5.11 Å². The van der Waals surface area contributed by atoms with Gasteiger partial charge in [-0.05, 0) is 25.8 Å². The molecule has 110 valence electrons. The van der Waals surface area contributed by atoms with Crippen LogP contribution >= 0.6 is 0 Å². The summed E-state index contributed by atoms with van der Waals surface area (Å²) in [4.78, 5) is 12.8. The van der Waals surface area contributed by atoms with Gasteiger partial charge in [0.1, 0.15) is 0 Å². The summed E-state index contributed by atoms with van der Waals surface area (Å²) in [5, 5.41) is 8.56. The minimum Gasteiger partial charge on any atom is -0.481 e. The number of hydrogen-bond acceptors (Lipinski definition) is 4. The van der Waals surface area contributed by atoms with Crippen molar-refractivity contribution < 1.29 is 18.3 Å². The van der Waals surface area contributed by atoms with Crippen LogP contribution < -0.4 is 0 Å². The van der Waals surface area contributed by atoms with E-state index in [1.54, 1.807) is 4.31 Å². The number of hydrogen-bond donors (Lipinski definition) is 1. The molecule has 2 aliphatic heterocycles. The van der Waals surface area contributed by atoms with E-state index in [9.17, 15) is 13.2 Å². The number of aliphatic carboxylic acids is 1. The number of carboxylic acid groups (broad SMARTS) is 1. The third-order valence-electron chi connectivity index (χ3n) is 3.99. The van der Waals surface area contributed by atoms with Gasteiger partial charge >= 0.3 is 5.97 Å². The average molecular weight is 290 g/mol. The molecule has 0 aliphatic carbocycles. The summed E-state index contributed by atoms with van der Waals surface area (Å²) < 4.78 is 25.9. The quantitative estimate of drug-likeness (QED) is 0.790. The van der Waals surface area contributed by atoms with E-state index in [0.29, 0.717) is 19.1 Å². The smallest absolute Gasteiger partial charge is 0.303 e. The van der Waals surface area contributed by atoms with Crippen LogP contribution in [0.3, 0.4) is 0 Å². The summed E-state index contributed by atoms with van der Waals surface area (Å²) in [5.41, 5.74) is 0. The van der Waals surface area contributed by atoms with Crippen LogP contribution in [0.25, 0.3) is 0 Å². The summed E-state index contributed by atoms with van der Waals surface area (Å²) in [6.07, 6.45) is 3.57. The lowest BCUT2D eigenvalue weighted by atomic mass is 10.0. The fraction of sp³-hybridized carbons (Fsp3) is 0.917. The van der Waals surface area contributed by atoms with Crippen LogP contribution in [0.15, 0.2) is 0 Å². The second-order valence-corrected chi connectivity index (χ2v) is 7.45. The molecule has 6 nitrogen and oxygen atoms in total. The minimum atomic E-state index is -3.29. The van der Waals surface area contributed by atoms with Crippen LogP contribution in [0.4, 0.5) is 0 Å². The first-order valence-electron chi connectivity index (χ1n) is 6.93. The Morgan fingerprint density at radius 3 is 2.74 bits per heavy atom. The molecule has 0 bridgehead atoms. The third-order valence-corrected chi connectivity index (χ3v) is 5.91. The molecule has 0 amide bonds. The largest absolute Gasteiger partial charge is 0.481 e. The topological polar surface area (TPSA) is 77.9 Å². The van der Waals surface area contributed by atoms with Crippen molar-refractivity contribution in [2.45, 2.75) is 38.1 Å². The summed E-state index contributed by atoms with van der Waals surface area (Å²) >= 11 is 0. The Kier molecular flexibility index (Phi) is 4.81. The SMILES string of the molecule is O=C(O)CCCS(=O)(=O)N1CCN2CCCCC2C1. The zero-order valence-corrected chi connectivity index (χ0v) is 11.9. The van der Waals surface area contributed by atoms with Crippen molar-refractivity contribution in [1.29, 1.82) is 0 Å².